The van der Waals surface area contributed by atoms with Crippen molar-refractivity contribution in [3.8, 4) is 0 Å². The van der Waals surface area contributed by atoms with Gasteiger partial charge in [0.15, 0.2) is 0 Å². The first-order valence-electron chi connectivity index (χ1n) is 15.8. The number of carbonyl (C=O) groups excluding carboxylic acids is 2. The Labute approximate surface area is 253 Å². The Balaban J connectivity index is 1.71. The summed E-state index contributed by atoms with van der Waals surface area (Å²) in [5.41, 5.74) is 6.63. The van der Waals surface area contributed by atoms with E-state index in [1.54, 1.807) is 0 Å². The molecule has 0 radical (unpaired) electrons. The van der Waals surface area contributed by atoms with Crippen LogP contribution in [-0.4, -0.2) is 26.2 Å². The molecule has 0 saturated heterocycles. The van der Waals surface area contributed by atoms with Gasteiger partial charge >= 0.3 is 11.9 Å². The van der Waals surface area contributed by atoms with Crippen molar-refractivity contribution in [1.82, 2.24) is 0 Å². The Morgan fingerprint density at radius 2 is 0.929 bits per heavy atom. The highest BCUT2D eigenvalue weighted by Crippen LogP contribution is 2.33. The number of rotatable bonds is 18. The molecule has 1 aliphatic carbocycles. The molecule has 6 nitrogen and oxygen atoms in total. The van der Waals surface area contributed by atoms with E-state index in [2.05, 4.69) is 48.7 Å². The van der Waals surface area contributed by atoms with Crippen molar-refractivity contribution in [1.29, 1.82) is 0 Å². The number of nitrogens with one attached hydrogen (secondary N) is 2. The number of hydrogen-bond donors (Lipinski definition) is 2. The van der Waals surface area contributed by atoms with E-state index in [9.17, 15) is 9.59 Å². The van der Waals surface area contributed by atoms with Crippen LogP contribution >= 0.6 is 0 Å². The fourth-order valence-corrected chi connectivity index (χ4v) is 5.38. The van der Waals surface area contributed by atoms with E-state index in [-0.39, 0.29) is 12.8 Å². The van der Waals surface area contributed by atoms with Crippen LogP contribution in [0.2, 0.25) is 0 Å². The van der Waals surface area contributed by atoms with Gasteiger partial charge in [0, 0.05) is 35.6 Å². The number of ether oxygens (including phenoxy) is 2. The molecule has 2 aromatic rings. The zero-order valence-corrected chi connectivity index (χ0v) is 26.2. The quantitative estimate of drug-likeness (QED) is 0.137. The largest absolute Gasteiger partial charge is 0.466 e. The Bertz CT molecular complexity index is 1100. The van der Waals surface area contributed by atoms with Gasteiger partial charge in [-0.15, -0.1) is 0 Å². The van der Waals surface area contributed by atoms with Crippen LogP contribution in [0.4, 0.5) is 11.4 Å². The highest BCUT2D eigenvalue weighted by atomic mass is 16.5. The summed E-state index contributed by atoms with van der Waals surface area (Å²) in [5, 5.41) is 6.80. The Hall–Kier alpha value is -3.54. The van der Waals surface area contributed by atoms with Gasteiger partial charge in [-0.3, -0.25) is 0 Å². The first-order valence-corrected chi connectivity index (χ1v) is 15.8. The van der Waals surface area contributed by atoms with E-state index < -0.39 is 11.9 Å². The number of methoxy groups -OCH3 is 2. The number of carbonyl (C=O) groups is 2. The molecule has 228 valence electrons. The second kappa shape index (κ2) is 18.1. The average Bonchev–Trinajstić information content (AvgIpc) is 3.02. The lowest BCUT2D eigenvalue weighted by Gasteiger charge is -2.26. The minimum absolute atomic E-state index is 0.231. The van der Waals surface area contributed by atoms with Crippen LogP contribution in [-0.2, 0) is 31.9 Å². The minimum Gasteiger partial charge on any atom is -0.466 e. The van der Waals surface area contributed by atoms with Gasteiger partial charge in [0.1, 0.15) is 0 Å². The van der Waals surface area contributed by atoms with Crippen LogP contribution in [0.15, 0.2) is 71.1 Å². The van der Waals surface area contributed by atoms with Crippen molar-refractivity contribution in [2.24, 2.45) is 0 Å². The van der Waals surface area contributed by atoms with Gasteiger partial charge < -0.3 is 20.1 Å². The smallest absolute Gasteiger partial charge is 0.335 e. The molecule has 0 bridgehead atoms. The Kier molecular flexibility index (Phi) is 14.2. The van der Waals surface area contributed by atoms with Crippen LogP contribution in [0.1, 0.15) is 102 Å². The van der Waals surface area contributed by atoms with E-state index in [1.807, 2.05) is 24.3 Å². The van der Waals surface area contributed by atoms with Crippen molar-refractivity contribution in [2.45, 2.75) is 104 Å². The highest BCUT2D eigenvalue weighted by Gasteiger charge is 2.30. The monoisotopic (exact) mass is 574 g/mol. The maximum atomic E-state index is 12.9. The topological polar surface area (TPSA) is 76.7 Å². The van der Waals surface area contributed by atoms with Gasteiger partial charge in [0.25, 0.3) is 0 Å². The summed E-state index contributed by atoms with van der Waals surface area (Å²) in [6.07, 6.45) is 15.1. The van der Waals surface area contributed by atoms with E-state index in [0.29, 0.717) is 22.5 Å². The first-order chi connectivity index (χ1) is 20.5. The molecule has 0 aromatic heterocycles. The highest BCUT2D eigenvalue weighted by molar-refractivity contribution is 5.96. The molecule has 42 heavy (non-hydrogen) atoms. The van der Waals surface area contributed by atoms with Crippen LogP contribution in [0.3, 0.4) is 0 Å². The van der Waals surface area contributed by atoms with E-state index in [1.165, 1.54) is 89.6 Å². The number of anilines is 2. The fourth-order valence-electron chi connectivity index (χ4n) is 5.38. The standard InChI is InChI=1S/C36H50N2O4/c1-5-7-9-11-13-15-27-17-21-29(22-18-27)37-33-25-32(36(40)42-4)34(26-31(33)35(39)41-3)38-30-23-19-28(20-24-30)16-14-12-10-8-6-2/h17-24,37-38H,5-16,25-26H2,1-4H3. The zero-order valence-electron chi connectivity index (χ0n) is 26.2. The average molecular weight is 575 g/mol. The fraction of sp³-hybridized carbons (Fsp3) is 0.500. The molecule has 0 saturated carbocycles. The van der Waals surface area contributed by atoms with Crippen LogP contribution in [0, 0.1) is 0 Å². The van der Waals surface area contributed by atoms with E-state index >= 15 is 0 Å². The zero-order chi connectivity index (χ0) is 30.2. The van der Waals surface area contributed by atoms with E-state index in [4.69, 9.17) is 9.47 Å². The lowest BCUT2D eigenvalue weighted by molar-refractivity contribution is -0.137. The maximum Gasteiger partial charge on any atom is 0.335 e. The third kappa shape index (κ3) is 10.4. The summed E-state index contributed by atoms with van der Waals surface area (Å²) in [7, 11) is 2.77. The van der Waals surface area contributed by atoms with Crippen molar-refractivity contribution in [3.63, 3.8) is 0 Å². The number of allylic oxidation sites excluding steroid dienone is 2. The van der Waals surface area contributed by atoms with Crippen molar-refractivity contribution < 1.29 is 19.1 Å². The number of unbranched alkanes of at least 4 members (excludes halogenated alkanes) is 8. The van der Waals surface area contributed by atoms with Gasteiger partial charge in [-0.05, 0) is 61.1 Å². The summed E-state index contributed by atoms with van der Waals surface area (Å²) >= 11 is 0. The molecule has 0 spiro atoms. The molecule has 6 heteroatoms. The normalized spacial score (nSPS) is 13.2. The van der Waals surface area contributed by atoms with Crippen molar-refractivity contribution in [2.75, 3.05) is 24.9 Å². The molecule has 0 atom stereocenters. The summed E-state index contributed by atoms with van der Waals surface area (Å²) in [6.45, 7) is 4.46. The molecular formula is C36H50N2O4. The van der Waals surface area contributed by atoms with Gasteiger partial charge in [-0.25, -0.2) is 9.59 Å². The number of aryl methyl sites for hydroxylation is 2. The predicted molar refractivity (Wildman–Crippen MR) is 172 cm³/mol. The number of benzene rings is 2. The second-order valence-corrected chi connectivity index (χ2v) is 11.2. The van der Waals surface area contributed by atoms with Crippen LogP contribution < -0.4 is 10.6 Å². The molecule has 0 heterocycles. The molecule has 0 unspecified atom stereocenters. The molecule has 1 aliphatic rings. The minimum atomic E-state index is -0.414. The third-order valence-electron chi connectivity index (χ3n) is 7.94. The number of hydrogen-bond acceptors (Lipinski definition) is 6. The predicted octanol–water partition coefficient (Wildman–Crippen LogP) is 8.88. The Morgan fingerprint density at radius 3 is 1.26 bits per heavy atom. The second-order valence-electron chi connectivity index (χ2n) is 11.2. The summed E-state index contributed by atoms with van der Waals surface area (Å²) in [5.74, 6) is -0.828. The lowest BCUT2D eigenvalue weighted by atomic mass is 9.92. The molecular weight excluding hydrogens is 524 g/mol. The lowest BCUT2D eigenvalue weighted by Crippen LogP contribution is -2.24. The van der Waals surface area contributed by atoms with E-state index in [0.717, 1.165) is 24.2 Å². The molecule has 2 N–H and O–H groups in total. The first kappa shape index (κ1) is 33.0. The SMILES string of the molecule is CCCCCCCc1ccc(NC2=C(C(=O)OC)CC(Nc3ccc(CCCCCCC)cc3)=C(C(=O)OC)C2)cc1. The molecule has 0 aliphatic heterocycles. The van der Waals surface area contributed by atoms with Crippen molar-refractivity contribution >= 4 is 23.3 Å². The summed E-state index contributed by atoms with van der Waals surface area (Å²) in [6, 6.07) is 16.6. The molecule has 0 fully saturated rings. The van der Waals surface area contributed by atoms with Crippen LogP contribution in [0.25, 0.3) is 0 Å². The van der Waals surface area contributed by atoms with Gasteiger partial charge in [-0.1, -0.05) is 89.5 Å². The van der Waals surface area contributed by atoms with Crippen molar-refractivity contribution in [3.05, 3.63) is 82.2 Å². The summed E-state index contributed by atoms with van der Waals surface area (Å²) < 4.78 is 10.3. The molecule has 0 amide bonds. The van der Waals surface area contributed by atoms with Gasteiger partial charge in [0.2, 0.25) is 0 Å². The Morgan fingerprint density at radius 1 is 0.571 bits per heavy atom. The molecule has 2 aromatic carbocycles. The third-order valence-corrected chi connectivity index (χ3v) is 7.94. The molecule has 3 rings (SSSR count). The van der Waals surface area contributed by atoms with Crippen LogP contribution in [0.5, 0.6) is 0 Å². The van der Waals surface area contributed by atoms with Gasteiger partial charge in [-0.2, -0.15) is 0 Å². The number of esters is 2. The summed E-state index contributed by atoms with van der Waals surface area (Å²) in [4.78, 5) is 25.8. The van der Waals surface area contributed by atoms with Gasteiger partial charge in [0.05, 0.1) is 25.4 Å². The maximum absolute atomic E-state index is 12.9.